The van der Waals surface area contributed by atoms with Gasteiger partial charge in [0.05, 0.1) is 5.69 Å². The van der Waals surface area contributed by atoms with Crippen molar-refractivity contribution in [2.24, 2.45) is 0 Å². The number of hydrogen-bond acceptors (Lipinski definition) is 4. The summed E-state index contributed by atoms with van der Waals surface area (Å²) >= 11 is 2.04. The summed E-state index contributed by atoms with van der Waals surface area (Å²) in [7, 11) is 0. The van der Waals surface area contributed by atoms with Gasteiger partial charge in [0.25, 0.3) is 5.91 Å². The molecule has 7 nitrogen and oxygen atoms in total. The van der Waals surface area contributed by atoms with E-state index in [0.29, 0.717) is 14.8 Å². The molecule has 1 aliphatic carbocycles. The predicted octanol–water partition coefficient (Wildman–Crippen LogP) is 5.41. The third-order valence-corrected chi connectivity index (χ3v) is 6.71. The molecule has 3 aromatic carbocycles. The normalized spacial score (nSPS) is 12.5. The van der Waals surface area contributed by atoms with E-state index in [-0.39, 0.29) is 30.5 Å². The topological polar surface area (TPSA) is 105 Å². The number of benzene rings is 3. The third-order valence-electron chi connectivity index (χ3n) is 5.82. The fraction of sp³-hybridized carbons (Fsp3) is 0.148. The molecule has 0 heterocycles. The lowest BCUT2D eigenvalue weighted by atomic mass is 9.98. The second kappa shape index (κ2) is 10.7. The third kappa shape index (κ3) is 5.54. The van der Waals surface area contributed by atoms with Crippen LogP contribution in [0, 0.1) is 3.57 Å². The van der Waals surface area contributed by atoms with E-state index >= 15 is 0 Å². The van der Waals surface area contributed by atoms with Crippen LogP contribution < -0.4 is 10.6 Å². The Bertz CT molecular complexity index is 1290. The van der Waals surface area contributed by atoms with Crippen molar-refractivity contribution in [3.8, 4) is 11.1 Å². The molecule has 0 atom stereocenters. The van der Waals surface area contributed by atoms with E-state index in [0.717, 1.165) is 22.3 Å². The number of carbonyl (C=O) groups is 3. The van der Waals surface area contributed by atoms with Gasteiger partial charge in [-0.25, -0.2) is 9.59 Å². The molecule has 0 fully saturated rings. The van der Waals surface area contributed by atoms with Gasteiger partial charge in [0.1, 0.15) is 6.61 Å². The minimum atomic E-state index is -1.03. The fourth-order valence-electron chi connectivity index (χ4n) is 3.99. The highest BCUT2D eigenvalue weighted by molar-refractivity contribution is 14.1. The standard InChI is InChI=1S/C27H23IN2O5/c1-16(26(32)33)12-13-29-25(31)17-10-11-24(23(28)14-17)30-27(34)35-15-22-20-8-4-2-6-18(20)19-7-3-5-9-21(19)22/h2-12,14,22H,13,15H2,1H3,(H,29,31)(H,30,34)(H,32,33)/b16-12+. The number of carbonyl (C=O) groups excluding carboxylic acids is 2. The molecule has 0 bridgehead atoms. The molecule has 4 rings (SSSR count). The summed E-state index contributed by atoms with van der Waals surface area (Å²) in [6, 6.07) is 21.1. The summed E-state index contributed by atoms with van der Waals surface area (Å²) in [5.74, 6) is -1.40. The number of halogens is 1. The average molecular weight is 582 g/mol. The van der Waals surface area contributed by atoms with Gasteiger partial charge in [0.2, 0.25) is 0 Å². The lowest BCUT2D eigenvalue weighted by molar-refractivity contribution is -0.132. The van der Waals surface area contributed by atoms with Crippen molar-refractivity contribution in [3.63, 3.8) is 0 Å². The van der Waals surface area contributed by atoms with Gasteiger partial charge >= 0.3 is 12.1 Å². The Hall–Kier alpha value is -3.66. The summed E-state index contributed by atoms with van der Waals surface area (Å²) in [6.07, 6.45) is 0.856. The van der Waals surface area contributed by atoms with Crippen LogP contribution in [-0.4, -0.2) is 36.2 Å². The Morgan fingerprint density at radius 2 is 1.63 bits per heavy atom. The number of ether oxygens (including phenoxy) is 1. The summed E-state index contributed by atoms with van der Waals surface area (Å²) in [5, 5.41) is 14.3. The van der Waals surface area contributed by atoms with Crippen LogP contribution in [0.3, 0.4) is 0 Å². The molecule has 0 spiro atoms. The molecule has 0 radical (unpaired) electrons. The van der Waals surface area contributed by atoms with E-state index in [1.165, 1.54) is 13.0 Å². The highest BCUT2D eigenvalue weighted by atomic mass is 127. The van der Waals surface area contributed by atoms with Gasteiger partial charge in [0, 0.05) is 27.2 Å². The molecule has 3 N–H and O–H groups in total. The summed E-state index contributed by atoms with van der Waals surface area (Å²) in [4.78, 5) is 35.7. The van der Waals surface area contributed by atoms with Crippen molar-refractivity contribution >= 4 is 46.2 Å². The van der Waals surface area contributed by atoms with E-state index in [2.05, 4.69) is 34.9 Å². The zero-order valence-electron chi connectivity index (χ0n) is 18.9. The molecule has 1 aliphatic rings. The van der Waals surface area contributed by atoms with Crippen LogP contribution in [0.25, 0.3) is 11.1 Å². The Balaban J connectivity index is 1.36. The first-order valence-electron chi connectivity index (χ1n) is 10.9. The number of amides is 2. The molecular weight excluding hydrogens is 559 g/mol. The molecule has 0 unspecified atom stereocenters. The molecule has 0 aliphatic heterocycles. The van der Waals surface area contributed by atoms with Crippen molar-refractivity contribution in [2.45, 2.75) is 12.8 Å². The van der Waals surface area contributed by atoms with Gasteiger partial charge in [-0.3, -0.25) is 10.1 Å². The zero-order chi connectivity index (χ0) is 24.9. The number of aliphatic carboxylic acids is 1. The number of anilines is 1. The van der Waals surface area contributed by atoms with Crippen LogP contribution in [-0.2, 0) is 9.53 Å². The first-order valence-corrected chi connectivity index (χ1v) is 12.0. The second-order valence-corrected chi connectivity index (χ2v) is 9.21. The first-order chi connectivity index (χ1) is 16.8. The lowest BCUT2D eigenvalue weighted by Gasteiger charge is -2.15. The number of nitrogens with one attached hydrogen (secondary N) is 2. The maximum absolute atomic E-state index is 12.6. The number of rotatable bonds is 7. The van der Waals surface area contributed by atoms with Gasteiger partial charge in [-0.05, 0) is 70.0 Å². The summed E-state index contributed by atoms with van der Waals surface area (Å²) < 4.78 is 6.25. The number of fused-ring (bicyclic) bond motifs is 3. The minimum Gasteiger partial charge on any atom is -0.478 e. The molecule has 0 saturated heterocycles. The van der Waals surface area contributed by atoms with Crippen LogP contribution in [0.1, 0.15) is 34.3 Å². The molecule has 0 aromatic heterocycles. The van der Waals surface area contributed by atoms with Crippen molar-refractivity contribution < 1.29 is 24.2 Å². The fourth-order valence-corrected chi connectivity index (χ4v) is 4.64. The molecular formula is C27H23IN2O5. The maximum Gasteiger partial charge on any atom is 0.411 e. The predicted molar refractivity (Wildman–Crippen MR) is 142 cm³/mol. The Morgan fingerprint density at radius 1 is 1.00 bits per heavy atom. The lowest BCUT2D eigenvalue weighted by Crippen LogP contribution is -2.24. The highest BCUT2D eigenvalue weighted by Gasteiger charge is 2.29. The SMILES string of the molecule is C/C(=C\CNC(=O)c1ccc(NC(=O)OCC2c3ccccc3-c3ccccc32)c(I)c1)C(=O)O. The van der Waals surface area contributed by atoms with E-state index in [4.69, 9.17) is 9.84 Å². The van der Waals surface area contributed by atoms with E-state index in [1.54, 1.807) is 18.2 Å². The number of carboxylic acid groups (broad SMARTS) is 1. The van der Waals surface area contributed by atoms with Crippen molar-refractivity contribution in [2.75, 3.05) is 18.5 Å². The monoisotopic (exact) mass is 582 g/mol. The summed E-state index contributed by atoms with van der Waals surface area (Å²) in [5.41, 5.74) is 5.68. The molecule has 0 saturated carbocycles. The van der Waals surface area contributed by atoms with Gasteiger partial charge in [-0.2, -0.15) is 0 Å². The Kier molecular flexibility index (Phi) is 7.50. The van der Waals surface area contributed by atoms with E-state index in [9.17, 15) is 14.4 Å². The first kappa shape index (κ1) is 24.5. The van der Waals surface area contributed by atoms with Crippen molar-refractivity contribution in [1.82, 2.24) is 5.32 Å². The van der Waals surface area contributed by atoms with E-state index < -0.39 is 12.1 Å². The van der Waals surface area contributed by atoms with Crippen LogP contribution >= 0.6 is 22.6 Å². The minimum absolute atomic E-state index is 0.0305. The van der Waals surface area contributed by atoms with Crippen LogP contribution in [0.15, 0.2) is 78.4 Å². The molecule has 178 valence electrons. The smallest absolute Gasteiger partial charge is 0.411 e. The van der Waals surface area contributed by atoms with Crippen LogP contribution in [0.4, 0.5) is 10.5 Å². The molecule has 35 heavy (non-hydrogen) atoms. The molecule has 2 amide bonds. The van der Waals surface area contributed by atoms with E-state index in [1.807, 2.05) is 46.9 Å². The second-order valence-electron chi connectivity index (χ2n) is 8.05. The maximum atomic E-state index is 12.6. The molecule has 3 aromatic rings. The number of hydrogen-bond donors (Lipinski definition) is 3. The highest BCUT2D eigenvalue weighted by Crippen LogP contribution is 2.44. The van der Waals surface area contributed by atoms with Gasteiger partial charge in [-0.15, -0.1) is 0 Å². The van der Waals surface area contributed by atoms with Crippen LogP contribution in [0.2, 0.25) is 0 Å². The summed E-state index contributed by atoms with van der Waals surface area (Å²) in [6.45, 7) is 1.77. The Labute approximate surface area is 216 Å². The number of carboxylic acids is 1. The van der Waals surface area contributed by atoms with Crippen molar-refractivity contribution in [1.29, 1.82) is 0 Å². The molecule has 8 heteroatoms. The van der Waals surface area contributed by atoms with Gasteiger partial charge in [0.15, 0.2) is 0 Å². The Morgan fingerprint density at radius 3 is 2.23 bits per heavy atom. The quantitative estimate of drug-likeness (QED) is 0.255. The van der Waals surface area contributed by atoms with Gasteiger partial charge in [-0.1, -0.05) is 54.6 Å². The van der Waals surface area contributed by atoms with Crippen molar-refractivity contribution in [3.05, 3.63) is 98.6 Å². The average Bonchev–Trinajstić information content (AvgIpc) is 3.17. The van der Waals surface area contributed by atoms with Gasteiger partial charge < -0.3 is 15.2 Å². The van der Waals surface area contributed by atoms with Crippen LogP contribution in [0.5, 0.6) is 0 Å². The largest absolute Gasteiger partial charge is 0.478 e. The zero-order valence-corrected chi connectivity index (χ0v) is 21.0.